The van der Waals surface area contributed by atoms with E-state index in [1.165, 1.54) is 0 Å². The van der Waals surface area contributed by atoms with E-state index in [4.69, 9.17) is 14.7 Å². The van der Waals surface area contributed by atoms with Crippen LogP contribution in [0.4, 0.5) is 0 Å². The van der Waals surface area contributed by atoms with Crippen LogP contribution in [-0.4, -0.2) is 14.2 Å². The van der Waals surface area contributed by atoms with Crippen molar-refractivity contribution < 1.29 is 9.47 Å². The fourth-order valence-electron chi connectivity index (χ4n) is 2.07. The highest BCUT2D eigenvalue weighted by Crippen LogP contribution is 2.22. The SMILES string of the molecule is COc1cc(CNCc2cccc(C#N)c2)cc(OC)c1. The Morgan fingerprint density at radius 3 is 2.24 bits per heavy atom. The Labute approximate surface area is 124 Å². The molecule has 0 amide bonds. The Hall–Kier alpha value is -2.51. The summed E-state index contributed by atoms with van der Waals surface area (Å²) in [7, 11) is 3.28. The van der Waals surface area contributed by atoms with Gasteiger partial charge in [0.05, 0.1) is 25.9 Å². The zero-order valence-electron chi connectivity index (χ0n) is 12.2. The van der Waals surface area contributed by atoms with Gasteiger partial charge < -0.3 is 14.8 Å². The van der Waals surface area contributed by atoms with Crippen LogP contribution in [0.3, 0.4) is 0 Å². The van der Waals surface area contributed by atoms with Gasteiger partial charge in [0, 0.05) is 19.2 Å². The van der Waals surface area contributed by atoms with Crippen LogP contribution in [-0.2, 0) is 13.1 Å². The highest BCUT2D eigenvalue weighted by Gasteiger charge is 2.02. The van der Waals surface area contributed by atoms with Crippen LogP contribution in [0, 0.1) is 11.3 Å². The van der Waals surface area contributed by atoms with E-state index in [0.29, 0.717) is 18.7 Å². The minimum absolute atomic E-state index is 0.678. The topological polar surface area (TPSA) is 54.3 Å². The molecule has 0 aliphatic carbocycles. The zero-order valence-corrected chi connectivity index (χ0v) is 12.2. The number of rotatable bonds is 6. The molecule has 0 heterocycles. The van der Waals surface area contributed by atoms with Crippen molar-refractivity contribution in [3.05, 3.63) is 59.2 Å². The molecule has 2 rings (SSSR count). The summed E-state index contributed by atoms with van der Waals surface area (Å²) >= 11 is 0. The van der Waals surface area contributed by atoms with Crippen molar-refractivity contribution in [3.8, 4) is 17.6 Å². The third-order valence-corrected chi connectivity index (χ3v) is 3.13. The third kappa shape index (κ3) is 4.23. The molecular formula is C17H18N2O2. The number of nitrogens with zero attached hydrogens (tertiary/aromatic N) is 1. The fraction of sp³-hybridized carbons (Fsp3) is 0.235. The number of hydrogen-bond acceptors (Lipinski definition) is 4. The molecule has 0 saturated carbocycles. The number of benzene rings is 2. The Bertz CT molecular complexity index is 625. The quantitative estimate of drug-likeness (QED) is 0.885. The molecule has 0 bridgehead atoms. The van der Waals surface area contributed by atoms with Crippen molar-refractivity contribution in [2.24, 2.45) is 0 Å². The molecule has 1 N–H and O–H groups in total. The minimum atomic E-state index is 0.678. The van der Waals surface area contributed by atoms with E-state index in [1.807, 2.05) is 36.4 Å². The lowest BCUT2D eigenvalue weighted by molar-refractivity contribution is 0.393. The summed E-state index contributed by atoms with van der Waals surface area (Å²) in [5.74, 6) is 1.55. The van der Waals surface area contributed by atoms with Gasteiger partial charge in [0.1, 0.15) is 11.5 Å². The second-order valence-electron chi connectivity index (χ2n) is 4.64. The van der Waals surface area contributed by atoms with Crippen LogP contribution in [0.2, 0.25) is 0 Å². The maximum atomic E-state index is 8.88. The molecule has 4 heteroatoms. The molecule has 2 aromatic rings. The van der Waals surface area contributed by atoms with Gasteiger partial charge in [-0.05, 0) is 35.4 Å². The Balaban J connectivity index is 1.98. The molecule has 0 fully saturated rings. The summed E-state index contributed by atoms with van der Waals surface area (Å²) in [6.45, 7) is 1.40. The van der Waals surface area contributed by atoms with Crippen molar-refractivity contribution in [3.63, 3.8) is 0 Å². The molecule has 0 aromatic heterocycles. The third-order valence-electron chi connectivity index (χ3n) is 3.13. The minimum Gasteiger partial charge on any atom is -0.497 e. The predicted molar refractivity (Wildman–Crippen MR) is 81.2 cm³/mol. The van der Waals surface area contributed by atoms with E-state index in [1.54, 1.807) is 20.3 Å². The maximum absolute atomic E-state index is 8.88. The van der Waals surface area contributed by atoms with Crippen LogP contribution in [0.15, 0.2) is 42.5 Å². The van der Waals surface area contributed by atoms with Crippen LogP contribution in [0.1, 0.15) is 16.7 Å². The summed E-state index contributed by atoms with van der Waals surface area (Å²) in [5.41, 5.74) is 2.85. The van der Waals surface area contributed by atoms with Gasteiger partial charge in [0.2, 0.25) is 0 Å². The normalized spacial score (nSPS) is 9.95. The Morgan fingerprint density at radius 2 is 1.62 bits per heavy atom. The predicted octanol–water partition coefficient (Wildman–Crippen LogP) is 2.87. The monoisotopic (exact) mass is 282 g/mol. The average Bonchev–Trinajstić information content (AvgIpc) is 2.54. The van der Waals surface area contributed by atoms with Gasteiger partial charge in [-0.15, -0.1) is 0 Å². The van der Waals surface area contributed by atoms with E-state index in [-0.39, 0.29) is 0 Å². The number of methoxy groups -OCH3 is 2. The van der Waals surface area contributed by atoms with Gasteiger partial charge in [-0.1, -0.05) is 12.1 Å². The number of ether oxygens (including phenoxy) is 2. The second-order valence-corrected chi connectivity index (χ2v) is 4.64. The number of hydrogen-bond donors (Lipinski definition) is 1. The summed E-state index contributed by atoms with van der Waals surface area (Å²) in [6, 6.07) is 15.5. The first kappa shape index (κ1) is 14.9. The van der Waals surface area contributed by atoms with Gasteiger partial charge in [0.15, 0.2) is 0 Å². The molecule has 0 unspecified atom stereocenters. The zero-order chi connectivity index (χ0) is 15.1. The lowest BCUT2D eigenvalue weighted by atomic mass is 10.1. The first-order valence-corrected chi connectivity index (χ1v) is 6.67. The number of nitriles is 1. The molecular weight excluding hydrogens is 264 g/mol. The molecule has 0 radical (unpaired) electrons. The molecule has 4 nitrogen and oxygen atoms in total. The van der Waals surface area contributed by atoms with E-state index in [9.17, 15) is 0 Å². The summed E-state index contributed by atoms with van der Waals surface area (Å²) in [5, 5.41) is 12.2. The molecule has 0 saturated heterocycles. The van der Waals surface area contributed by atoms with Gasteiger partial charge in [0.25, 0.3) is 0 Å². The highest BCUT2D eigenvalue weighted by atomic mass is 16.5. The van der Waals surface area contributed by atoms with Crippen molar-refractivity contribution in [1.82, 2.24) is 5.32 Å². The highest BCUT2D eigenvalue weighted by molar-refractivity contribution is 5.38. The van der Waals surface area contributed by atoms with Crippen molar-refractivity contribution >= 4 is 0 Å². The first-order valence-electron chi connectivity index (χ1n) is 6.67. The summed E-state index contributed by atoms with van der Waals surface area (Å²) in [6.07, 6.45) is 0. The van der Waals surface area contributed by atoms with Gasteiger partial charge in [-0.2, -0.15) is 5.26 Å². The van der Waals surface area contributed by atoms with E-state index < -0.39 is 0 Å². The Kier molecular flexibility index (Phi) is 5.19. The van der Waals surface area contributed by atoms with Crippen LogP contribution < -0.4 is 14.8 Å². The van der Waals surface area contributed by atoms with Crippen LogP contribution in [0.5, 0.6) is 11.5 Å². The van der Waals surface area contributed by atoms with E-state index >= 15 is 0 Å². The molecule has 0 aliphatic rings. The summed E-state index contributed by atoms with van der Waals surface area (Å²) in [4.78, 5) is 0. The Morgan fingerprint density at radius 1 is 0.952 bits per heavy atom. The smallest absolute Gasteiger partial charge is 0.122 e. The molecule has 21 heavy (non-hydrogen) atoms. The molecule has 108 valence electrons. The van der Waals surface area contributed by atoms with Crippen LogP contribution >= 0.6 is 0 Å². The maximum Gasteiger partial charge on any atom is 0.122 e. The lowest BCUT2D eigenvalue weighted by Gasteiger charge is -2.09. The molecule has 0 aliphatic heterocycles. The standard InChI is InChI=1S/C17H18N2O2/c1-20-16-7-15(8-17(9-16)21-2)12-19-11-14-5-3-4-13(6-14)10-18/h3-9,19H,11-12H2,1-2H3. The molecule has 0 spiro atoms. The van der Waals surface area contributed by atoms with E-state index in [0.717, 1.165) is 22.6 Å². The van der Waals surface area contributed by atoms with Crippen LogP contribution in [0.25, 0.3) is 0 Å². The largest absolute Gasteiger partial charge is 0.497 e. The van der Waals surface area contributed by atoms with Crippen molar-refractivity contribution in [2.45, 2.75) is 13.1 Å². The van der Waals surface area contributed by atoms with Gasteiger partial charge >= 0.3 is 0 Å². The van der Waals surface area contributed by atoms with Gasteiger partial charge in [-0.25, -0.2) is 0 Å². The fourth-order valence-corrected chi connectivity index (χ4v) is 2.07. The average molecular weight is 282 g/mol. The van der Waals surface area contributed by atoms with E-state index in [2.05, 4.69) is 11.4 Å². The second kappa shape index (κ2) is 7.32. The van der Waals surface area contributed by atoms with Gasteiger partial charge in [-0.3, -0.25) is 0 Å². The van der Waals surface area contributed by atoms with Crippen molar-refractivity contribution in [1.29, 1.82) is 5.26 Å². The summed E-state index contributed by atoms with van der Waals surface area (Å²) < 4.78 is 10.5. The number of nitrogens with one attached hydrogen (secondary N) is 1. The molecule has 0 atom stereocenters. The molecule has 2 aromatic carbocycles. The first-order chi connectivity index (χ1) is 10.2. The van der Waals surface area contributed by atoms with Crippen molar-refractivity contribution in [2.75, 3.05) is 14.2 Å². The lowest BCUT2D eigenvalue weighted by Crippen LogP contribution is -2.12.